The number of amides is 2. The van der Waals surface area contributed by atoms with Crippen molar-refractivity contribution < 1.29 is 13.2 Å². The van der Waals surface area contributed by atoms with Gasteiger partial charge >= 0.3 is 6.03 Å². The summed E-state index contributed by atoms with van der Waals surface area (Å²) in [6.07, 6.45) is 4.17. The van der Waals surface area contributed by atoms with E-state index in [9.17, 15) is 13.2 Å². The summed E-state index contributed by atoms with van der Waals surface area (Å²) >= 11 is 0. The molecule has 2 heterocycles. The van der Waals surface area contributed by atoms with E-state index in [0.29, 0.717) is 39.0 Å². The van der Waals surface area contributed by atoms with Crippen LogP contribution in [-0.4, -0.2) is 62.2 Å². The monoisotopic (exact) mass is 341 g/mol. The van der Waals surface area contributed by atoms with Crippen molar-refractivity contribution in [3.8, 4) is 0 Å². The van der Waals surface area contributed by atoms with Crippen LogP contribution in [0.25, 0.3) is 0 Å². The van der Waals surface area contributed by atoms with Crippen LogP contribution in [0.1, 0.15) is 12.8 Å². The minimum absolute atomic E-state index is 0.0109. The molecule has 0 radical (unpaired) electrons. The van der Waals surface area contributed by atoms with E-state index in [2.05, 4.69) is 20.9 Å². The fourth-order valence-electron chi connectivity index (χ4n) is 2.40. The van der Waals surface area contributed by atoms with Crippen molar-refractivity contribution in [3.05, 3.63) is 24.4 Å². The number of carbonyl (C=O) groups is 1. The van der Waals surface area contributed by atoms with Gasteiger partial charge in [-0.05, 0) is 25.0 Å². The Balaban J connectivity index is 1.60. The van der Waals surface area contributed by atoms with Crippen LogP contribution < -0.4 is 16.0 Å². The molecular formula is C14H23N5O3S. The third kappa shape index (κ3) is 6.03. The Kier molecular flexibility index (Phi) is 6.17. The summed E-state index contributed by atoms with van der Waals surface area (Å²) < 4.78 is 24.3. The molecule has 2 amide bonds. The van der Waals surface area contributed by atoms with E-state index < -0.39 is 10.0 Å². The maximum Gasteiger partial charge on any atom is 0.315 e. The van der Waals surface area contributed by atoms with Crippen molar-refractivity contribution in [2.75, 3.05) is 37.8 Å². The predicted octanol–water partition coefficient (Wildman–Crippen LogP) is 0.217. The summed E-state index contributed by atoms with van der Waals surface area (Å²) in [5, 5.41) is 8.74. The van der Waals surface area contributed by atoms with Crippen LogP contribution in [0.2, 0.25) is 0 Å². The van der Waals surface area contributed by atoms with Crippen molar-refractivity contribution >= 4 is 21.9 Å². The summed E-state index contributed by atoms with van der Waals surface area (Å²) in [4.78, 5) is 15.9. The fraction of sp³-hybridized carbons (Fsp3) is 0.571. The Morgan fingerprint density at radius 3 is 2.65 bits per heavy atom. The number of sulfonamides is 1. The normalized spacial score (nSPS) is 16.7. The zero-order valence-electron chi connectivity index (χ0n) is 13.2. The van der Waals surface area contributed by atoms with E-state index in [0.717, 1.165) is 5.82 Å². The molecule has 0 saturated carbocycles. The fourth-order valence-corrected chi connectivity index (χ4v) is 3.28. The molecule has 0 bridgehead atoms. The molecule has 23 heavy (non-hydrogen) atoms. The zero-order chi connectivity index (χ0) is 16.7. The number of anilines is 1. The largest absolute Gasteiger partial charge is 0.368 e. The number of rotatable bonds is 6. The van der Waals surface area contributed by atoms with Crippen LogP contribution >= 0.6 is 0 Å². The van der Waals surface area contributed by atoms with Gasteiger partial charge in [-0.1, -0.05) is 6.07 Å². The van der Waals surface area contributed by atoms with Crippen LogP contribution in [0.4, 0.5) is 10.6 Å². The molecule has 9 heteroatoms. The summed E-state index contributed by atoms with van der Waals surface area (Å²) in [6.45, 7) is 1.96. The van der Waals surface area contributed by atoms with Gasteiger partial charge in [0.25, 0.3) is 0 Å². The lowest BCUT2D eigenvalue weighted by atomic mass is 10.1. The van der Waals surface area contributed by atoms with Crippen molar-refractivity contribution in [1.82, 2.24) is 19.9 Å². The molecule has 1 saturated heterocycles. The number of nitrogens with one attached hydrogen (secondary N) is 3. The number of aromatic nitrogens is 1. The zero-order valence-corrected chi connectivity index (χ0v) is 14.0. The quantitative estimate of drug-likeness (QED) is 0.642. The van der Waals surface area contributed by atoms with E-state index in [1.807, 2.05) is 18.2 Å². The molecule has 0 aromatic carbocycles. The molecule has 1 aliphatic heterocycles. The summed E-state index contributed by atoms with van der Waals surface area (Å²) in [5.74, 6) is 0.767. The first kappa shape index (κ1) is 17.5. The van der Waals surface area contributed by atoms with Gasteiger partial charge in [0.2, 0.25) is 10.0 Å². The first-order valence-electron chi connectivity index (χ1n) is 7.59. The topological polar surface area (TPSA) is 103 Å². The Bertz CT molecular complexity index is 600. The second-order valence-electron chi connectivity index (χ2n) is 5.48. The van der Waals surface area contributed by atoms with E-state index in [1.165, 1.54) is 10.6 Å². The number of pyridine rings is 1. The lowest BCUT2D eigenvalue weighted by Crippen LogP contribution is -2.49. The smallest absolute Gasteiger partial charge is 0.315 e. The predicted molar refractivity (Wildman–Crippen MR) is 88.7 cm³/mol. The molecule has 1 fully saturated rings. The Morgan fingerprint density at radius 1 is 1.30 bits per heavy atom. The molecule has 0 aliphatic carbocycles. The lowest BCUT2D eigenvalue weighted by Gasteiger charge is -2.30. The molecule has 1 aromatic rings. The lowest BCUT2D eigenvalue weighted by molar-refractivity contribution is 0.228. The molecular weight excluding hydrogens is 318 g/mol. The Morgan fingerprint density at radius 2 is 2.04 bits per heavy atom. The summed E-state index contributed by atoms with van der Waals surface area (Å²) in [7, 11) is -3.13. The molecule has 0 spiro atoms. The molecule has 1 aliphatic rings. The summed E-state index contributed by atoms with van der Waals surface area (Å²) in [5.41, 5.74) is 0. The molecule has 2 rings (SSSR count). The van der Waals surface area contributed by atoms with Crippen LogP contribution in [-0.2, 0) is 10.0 Å². The summed E-state index contributed by atoms with van der Waals surface area (Å²) in [6, 6.07) is 5.36. The highest BCUT2D eigenvalue weighted by Crippen LogP contribution is 2.12. The highest BCUT2D eigenvalue weighted by atomic mass is 32.2. The highest BCUT2D eigenvalue weighted by Gasteiger charge is 2.25. The van der Waals surface area contributed by atoms with Gasteiger partial charge in [-0.3, -0.25) is 0 Å². The van der Waals surface area contributed by atoms with E-state index in [4.69, 9.17) is 0 Å². The van der Waals surface area contributed by atoms with E-state index in [-0.39, 0.29) is 12.1 Å². The second kappa shape index (κ2) is 8.11. The molecule has 0 unspecified atom stereocenters. The first-order chi connectivity index (χ1) is 10.9. The molecule has 1 aromatic heterocycles. The van der Waals surface area contributed by atoms with Gasteiger partial charge in [0.1, 0.15) is 5.82 Å². The molecule has 8 nitrogen and oxygen atoms in total. The Hall–Kier alpha value is -1.87. The third-order valence-electron chi connectivity index (χ3n) is 3.64. The van der Waals surface area contributed by atoms with Crippen LogP contribution in [0.15, 0.2) is 24.4 Å². The minimum atomic E-state index is -3.13. The average Bonchev–Trinajstić information content (AvgIpc) is 2.52. The number of hydrogen-bond acceptors (Lipinski definition) is 5. The Labute approximate surface area is 136 Å². The van der Waals surface area contributed by atoms with Gasteiger partial charge < -0.3 is 16.0 Å². The molecule has 0 atom stereocenters. The average molecular weight is 341 g/mol. The van der Waals surface area contributed by atoms with Crippen LogP contribution in [0, 0.1) is 0 Å². The number of carbonyl (C=O) groups excluding carboxylic acids is 1. The van der Waals surface area contributed by atoms with Gasteiger partial charge in [-0.15, -0.1) is 0 Å². The van der Waals surface area contributed by atoms with E-state index in [1.54, 1.807) is 6.20 Å². The standard InChI is InChI=1S/C14H23N5O3S/c1-23(21,22)19-10-5-12(6-11-19)18-14(20)17-9-8-16-13-4-2-3-7-15-13/h2-4,7,12H,5-6,8-11H2,1H3,(H,15,16)(H2,17,18,20). The van der Waals surface area contributed by atoms with Crippen molar-refractivity contribution in [1.29, 1.82) is 0 Å². The number of piperidine rings is 1. The second-order valence-corrected chi connectivity index (χ2v) is 7.46. The van der Waals surface area contributed by atoms with Crippen molar-refractivity contribution in [3.63, 3.8) is 0 Å². The number of urea groups is 1. The van der Waals surface area contributed by atoms with Gasteiger partial charge in [0.05, 0.1) is 6.26 Å². The number of hydrogen-bond donors (Lipinski definition) is 3. The van der Waals surface area contributed by atoms with Crippen molar-refractivity contribution in [2.24, 2.45) is 0 Å². The van der Waals surface area contributed by atoms with Gasteiger partial charge in [0.15, 0.2) is 0 Å². The first-order valence-corrected chi connectivity index (χ1v) is 9.44. The highest BCUT2D eigenvalue weighted by molar-refractivity contribution is 7.88. The maximum atomic E-state index is 11.8. The van der Waals surface area contributed by atoms with Crippen LogP contribution in [0.3, 0.4) is 0 Å². The molecule has 3 N–H and O–H groups in total. The van der Waals surface area contributed by atoms with Gasteiger partial charge in [-0.2, -0.15) is 0 Å². The minimum Gasteiger partial charge on any atom is -0.368 e. The van der Waals surface area contributed by atoms with Gasteiger partial charge in [0, 0.05) is 38.4 Å². The molecule has 128 valence electrons. The SMILES string of the molecule is CS(=O)(=O)N1CCC(NC(=O)NCCNc2ccccn2)CC1. The van der Waals surface area contributed by atoms with Gasteiger partial charge in [-0.25, -0.2) is 22.5 Å². The third-order valence-corrected chi connectivity index (χ3v) is 4.94. The maximum absolute atomic E-state index is 11.8. The van der Waals surface area contributed by atoms with E-state index >= 15 is 0 Å². The van der Waals surface area contributed by atoms with Crippen LogP contribution in [0.5, 0.6) is 0 Å². The van der Waals surface area contributed by atoms with Crippen molar-refractivity contribution in [2.45, 2.75) is 18.9 Å². The number of nitrogens with zero attached hydrogens (tertiary/aromatic N) is 2.